The Morgan fingerprint density at radius 1 is 0.949 bits per heavy atom. The first-order valence-electron chi connectivity index (χ1n) is 15.9. The zero-order valence-corrected chi connectivity index (χ0v) is 25.5. The van der Waals surface area contributed by atoms with Crippen LogP contribution in [0.15, 0.2) is 0 Å². The average molecular weight is 565 g/mol. The van der Waals surface area contributed by atoms with Crippen LogP contribution in [0.4, 0.5) is 0 Å². The number of rotatable bonds is 5. The Balaban J connectivity index is 1.18. The van der Waals surface area contributed by atoms with Crippen molar-refractivity contribution in [3.8, 4) is 0 Å². The molecule has 12 atom stereocenters. The van der Waals surface area contributed by atoms with Crippen LogP contribution < -0.4 is 5.73 Å². The molecule has 0 radical (unpaired) electrons. The molecule has 7 rings (SSSR count). The number of ether oxygens (including phenoxy) is 1. The van der Waals surface area contributed by atoms with Crippen molar-refractivity contribution in [1.82, 2.24) is 4.31 Å². The molecular formula is C31H52N2O5S. The van der Waals surface area contributed by atoms with Crippen LogP contribution in [-0.4, -0.2) is 72.2 Å². The van der Waals surface area contributed by atoms with Gasteiger partial charge >= 0.3 is 0 Å². The first kappa shape index (κ1) is 27.6. The molecule has 6 saturated carbocycles. The molecular weight excluding hydrogens is 512 g/mol. The van der Waals surface area contributed by atoms with E-state index in [1.54, 1.807) is 4.31 Å². The van der Waals surface area contributed by atoms with Crippen LogP contribution in [0.5, 0.6) is 0 Å². The lowest BCUT2D eigenvalue weighted by molar-refractivity contribution is -0.152. The summed E-state index contributed by atoms with van der Waals surface area (Å²) in [6.45, 7) is 10.1. The van der Waals surface area contributed by atoms with Gasteiger partial charge in [-0.2, -0.15) is 4.31 Å². The molecule has 7 fully saturated rings. The molecule has 0 aromatic carbocycles. The van der Waals surface area contributed by atoms with Gasteiger partial charge in [-0.15, -0.1) is 0 Å². The van der Waals surface area contributed by atoms with Crippen LogP contribution in [0, 0.1) is 51.2 Å². The summed E-state index contributed by atoms with van der Waals surface area (Å²) in [5, 5.41) is 23.1. The fourth-order valence-electron chi connectivity index (χ4n) is 12.3. The van der Waals surface area contributed by atoms with Crippen LogP contribution in [0.1, 0.15) is 91.9 Å². The minimum absolute atomic E-state index is 0.0751. The van der Waals surface area contributed by atoms with Gasteiger partial charge in [0.15, 0.2) is 0 Å². The smallest absolute Gasteiger partial charge is 0.211 e. The van der Waals surface area contributed by atoms with E-state index < -0.39 is 21.7 Å². The molecule has 6 aliphatic carbocycles. The summed E-state index contributed by atoms with van der Waals surface area (Å²) < 4.78 is 33.6. The summed E-state index contributed by atoms with van der Waals surface area (Å²) >= 11 is 0. The maximum absolute atomic E-state index is 12.6. The van der Waals surface area contributed by atoms with Gasteiger partial charge in [0.05, 0.1) is 36.2 Å². The van der Waals surface area contributed by atoms with E-state index in [9.17, 15) is 18.6 Å². The van der Waals surface area contributed by atoms with Gasteiger partial charge in [0.1, 0.15) is 0 Å². The standard InChI is InChI=1S/C31H52N2O5S/c1-18-14-20(16-33(39(5,36)37)15-19-6-7-19)38-25-24(18)28(4)12-13-30-17-29(30)11-10-23(34)27(2,3)21(29)8-9-22(30)31(28,32)26(25)35/h18-26,34-35H,6-17,32H2,1-5H3/t18-,20?,21+,22?,23?,24+,25?,26+,28?,29?,30?,31+/m1/s1. The Kier molecular flexibility index (Phi) is 5.81. The highest BCUT2D eigenvalue weighted by Gasteiger charge is 2.85. The molecule has 0 aromatic heterocycles. The third-order valence-corrected chi connectivity index (χ3v) is 15.6. The molecule has 7 aliphatic rings. The van der Waals surface area contributed by atoms with Gasteiger partial charge in [-0.3, -0.25) is 0 Å². The first-order valence-corrected chi connectivity index (χ1v) is 17.7. The number of aliphatic hydroxyl groups excluding tert-OH is 2. The second kappa shape index (κ2) is 8.22. The molecule has 1 saturated heterocycles. The molecule has 0 amide bonds. The molecule has 0 aromatic rings. The minimum atomic E-state index is -3.31. The summed E-state index contributed by atoms with van der Waals surface area (Å²) in [5.74, 6) is 1.75. The van der Waals surface area contributed by atoms with Crippen LogP contribution in [-0.2, 0) is 14.8 Å². The van der Waals surface area contributed by atoms with Crippen molar-refractivity contribution >= 4 is 10.0 Å². The summed E-state index contributed by atoms with van der Waals surface area (Å²) in [6.07, 6.45) is 10.2. The van der Waals surface area contributed by atoms with Crippen LogP contribution >= 0.6 is 0 Å². The van der Waals surface area contributed by atoms with E-state index in [1.807, 2.05) is 0 Å². The van der Waals surface area contributed by atoms with Crippen molar-refractivity contribution in [1.29, 1.82) is 0 Å². The number of hydrogen-bond acceptors (Lipinski definition) is 6. The Labute approximate surface area is 235 Å². The highest BCUT2D eigenvalue weighted by molar-refractivity contribution is 7.88. The van der Waals surface area contributed by atoms with Gasteiger partial charge in [-0.25, -0.2) is 8.42 Å². The number of nitrogens with zero attached hydrogens (tertiary/aromatic N) is 1. The third kappa shape index (κ3) is 3.42. The normalized spacial score (nSPS) is 55.7. The fraction of sp³-hybridized carbons (Fsp3) is 1.00. The van der Waals surface area contributed by atoms with E-state index in [0.717, 1.165) is 51.4 Å². The summed E-state index contributed by atoms with van der Waals surface area (Å²) in [5.41, 5.74) is 7.10. The van der Waals surface area contributed by atoms with Gasteiger partial charge in [0.2, 0.25) is 10.0 Å². The first-order chi connectivity index (χ1) is 18.1. The number of fused-ring (bicyclic) bond motifs is 4. The van der Waals surface area contributed by atoms with Crippen molar-refractivity contribution in [3.05, 3.63) is 0 Å². The van der Waals surface area contributed by atoms with E-state index in [-0.39, 0.29) is 51.8 Å². The Hall–Kier alpha value is -0.250. The van der Waals surface area contributed by atoms with Crippen molar-refractivity contribution in [2.24, 2.45) is 57.0 Å². The van der Waals surface area contributed by atoms with E-state index in [1.165, 1.54) is 19.1 Å². The molecule has 8 heteroatoms. The number of aliphatic hydroxyl groups is 2. The minimum Gasteiger partial charge on any atom is -0.393 e. The lowest BCUT2D eigenvalue weighted by Crippen LogP contribution is -2.70. The molecule has 0 bridgehead atoms. The maximum atomic E-state index is 12.6. The predicted molar refractivity (Wildman–Crippen MR) is 150 cm³/mol. The molecule has 7 unspecified atom stereocenters. The van der Waals surface area contributed by atoms with Crippen LogP contribution in [0.25, 0.3) is 0 Å². The van der Waals surface area contributed by atoms with Gasteiger partial charge in [0, 0.05) is 13.1 Å². The largest absolute Gasteiger partial charge is 0.393 e. The quantitative estimate of drug-likeness (QED) is 0.471. The molecule has 7 nitrogen and oxygen atoms in total. The van der Waals surface area contributed by atoms with Crippen LogP contribution in [0.2, 0.25) is 0 Å². The van der Waals surface area contributed by atoms with Gasteiger partial charge in [-0.05, 0) is 115 Å². The van der Waals surface area contributed by atoms with Crippen molar-refractivity contribution in [2.75, 3.05) is 19.3 Å². The maximum Gasteiger partial charge on any atom is 0.211 e. The predicted octanol–water partition coefficient (Wildman–Crippen LogP) is 3.52. The Morgan fingerprint density at radius 2 is 1.62 bits per heavy atom. The molecule has 4 N–H and O–H groups in total. The summed E-state index contributed by atoms with van der Waals surface area (Å²) in [4.78, 5) is 0. The topological polar surface area (TPSA) is 113 Å². The molecule has 39 heavy (non-hydrogen) atoms. The van der Waals surface area contributed by atoms with Gasteiger partial charge < -0.3 is 20.7 Å². The summed E-state index contributed by atoms with van der Waals surface area (Å²) in [6, 6.07) is 0. The highest BCUT2D eigenvalue weighted by atomic mass is 32.2. The summed E-state index contributed by atoms with van der Waals surface area (Å²) in [7, 11) is -3.31. The van der Waals surface area contributed by atoms with Gasteiger partial charge in [-0.1, -0.05) is 27.7 Å². The molecule has 1 heterocycles. The van der Waals surface area contributed by atoms with Gasteiger partial charge in [0.25, 0.3) is 0 Å². The number of hydrogen-bond donors (Lipinski definition) is 3. The molecule has 2 spiro atoms. The lowest BCUT2D eigenvalue weighted by atomic mass is 9.43. The number of sulfonamides is 1. The fourth-order valence-corrected chi connectivity index (χ4v) is 13.2. The third-order valence-electron chi connectivity index (χ3n) is 14.4. The lowest BCUT2D eigenvalue weighted by Gasteiger charge is -2.63. The Morgan fingerprint density at radius 3 is 2.28 bits per heavy atom. The van der Waals surface area contributed by atoms with E-state index in [0.29, 0.717) is 30.8 Å². The van der Waals surface area contributed by atoms with Crippen LogP contribution in [0.3, 0.4) is 0 Å². The molecule has 1 aliphatic heterocycles. The zero-order valence-electron chi connectivity index (χ0n) is 24.7. The van der Waals surface area contributed by atoms with Crippen molar-refractivity contribution in [2.45, 2.75) is 122 Å². The second-order valence-corrected chi connectivity index (χ2v) is 18.3. The second-order valence-electron chi connectivity index (χ2n) is 16.3. The van der Waals surface area contributed by atoms with E-state index in [4.69, 9.17) is 10.5 Å². The Bertz CT molecular complexity index is 1140. The SMILES string of the molecule is C[C@@H]1CC(CN(CC2CC2)S(C)(=O)=O)OC2[C@H]1C1(C)CCC34CC35CCC(O)C(C)(C)[C@@H]5CCC4[C@]1(N)[C@H]2O. The number of nitrogens with two attached hydrogens (primary N) is 1. The van der Waals surface area contributed by atoms with Crippen molar-refractivity contribution in [3.63, 3.8) is 0 Å². The van der Waals surface area contributed by atoms with E-state index in [2.05, 4.69) is 27.7 Å². The van der Waals surface area contributed by atoms with E-state index >= 15 is 0 Å². The average Bonchev–Trinajstić information content (AvgIpc) is 3.76. The molecule has 222 valence electrons. The zero-order chi connectivity index (χ0) is 28.0. The monoisotopic (exact) mass is 564 g/mol. The highest BCUT2D eigenvalue weighted by Crippen LogP contribution is 2.87. The van der Waals surface area contributed by atoms with Crippen molar-refractivity contribution < 1.29 is 23.4 Å².